The van der Waals surface area contributed by atoms with Gasteiger partial charge in [0.2, 0.25) is 0 Å². The van der Waals surface area contributed by atoms with Crippen molar-refractivity contribution in [2.45, 2.75) is 31.4 Å². The number of nitrogens with one attached hydrogen (secondary N) is 1. The number of hydrogen-bond acceptors (Lipinski definition) is 4. The van der Waals surface area contributed by atoms with Crippen LogP contribution in [0.1, 0.15) is 40.5 Å². The van der Waals surface area contributed by atoms with Crippen molar-refractivity contribution in [3.05, 3.63) is 47.3 Å². The van der Waals surface area contributed by atoms with Gasteiger partial charge in [-0.05, 0) is 48.1 Å². The number of rotatable bonds is 4. The van der Waals surface area contributed by atoms with Gasteiger partial charge < -0.3 is 15.2 Å². The van der Waals surface area contributed by atoms with Crippen molar-refractivity contribution in [2.24, 2.45) is 13.0 Å². The van der Waals surface area contributed by atoms with E-state index in [1.54, 1.807) is 24.0 Å². The van der Waals surface area contributed by atoms with Gasteiger partial charge in [-0.15, -0.1) is 0 Å². The van der Waals surface area contributed by atoms with Crippen LogP contribution in [0.5, 0.6) is 5.75 Å². The average Bonchev–Trinajstić information content (AvgIpc) is 3.17. The Balaban J connectivity index is 1.60. The van der Waals surface area contributed by atoms with Crippen molar-refractivity contribution < 1.29 is 14.6 Å². The molecule has 1 saturated carbocycles. The quantitative estimate of drug-likeness (QED) is 0.894. The van der Waals surface area contributed by atoms with Crippen molar-refractivity contribution in [1.82, 2.24) is 15.1 Å². The molecule has 1 aromatic heterocycles. The predicted molar refractivity (Wildman–Crippen MR) is 87.8 cm³/mol. The summed E-state index contributed by atoms with van der Waals surface area (Å²) in [5, 5.41) is 16.9. The van der Waals surface area contributed by atoms with E-state index in [9.17, 15) is 9.90 Å². The van der Waals surface area contributed by atoms with Crippen LogP contribution in [0.2, 0.25) is 0 Å². The second-order valence-electron chi connectivity index (χ2n) is 6.64. The summed E-state index contributed by atoms with van der Waals surface area (Å²) in [4.78, 5) is 12.6. The molecule has 1 aromatic carbocycles. The molecule has 0 bridgehead atoms. The van der Waals surface area contributed by atoms with Gasteiger partial charge in [-0.3, -0.25) is 9.48 Å². The highest BCUT2D eigenvalue weighted by molar-refractivity contribution is 5.92. The molecule has 24 heavy (non-hydrogen) atoms. The minimum atomic E-state index is -0.260. The lowest BCUT2D eigenvalue weighted by atomic mass is 9.75. The molecule has 6 nitrogen and oxygen atoms in total. The molecular formula is C18H21N3O3. The summed E-state index contributed by atoms with van der Waals surface area (Å²) in [5.74, 6) is 1.04. The first kappa shape index (κ1) is 15.2. The second-order valence-corrected chi connectivity index (χ2v) is 6.64. The average molecular weight is 327 g/mol. The highest BCUT2D eigenvalue weighted by Crippen LogP contribution is 2.39. The van der Waals surface area contributed by atoms with Crippen molar-refractivity contribution in [3.63, 3.8) is 0 Å². The van der Waals surface area contributed by atoms with Crippen LogP contribution in [0, 0.1) is 5.92 Å². The number of aliphatic hydroxyl groups excluding tert-OH is 1. The maximum atomic E-state index is 12.6. The van der Waals surface area contributed by atoms with E-state index in [1.807, 2.05) is 12.1 Å². The molecule has 1 aliphatic heterocycles. The Hall–Kier alpha value is -2.34. The number of fused-ring (bicyclic) bond motifs is 1. The topological polar surface area (TPSA) is 76.4 Å². The fourth-order valence-corrected chi connectivity index (χ4v) is 3.59. The molecule has 0 spiro atoms. The maximum absolute atomic E-state index is 12.6. The van der Waals surface area contributed by atoms with Crippen LogP contribution >= 0.6 is 0 Å². The molecule has 1 atom stereocenters. The minimum Gasteiger partial charge on any atom is -0.493 e. The van der Waals surface area contributed by atoms with Gasteiger partial charge in [0, 0.05) is 19.7 Å². The number of aliphatic hydroxyl groups is 1. The second kappa shape index (κ2) is 5.94. The fourth-order valence-electron chi connectivity index (χ4n) is 3.59. The molecule has 1 unspecified atom stereocenters. The predicted octanol–water partition coefficient (Wildman–Crippen LogP) is 1.60. The smallest absolute Gasteiger partial charge is 0.270 e. The summed E-state index contributed by atoms with van der Waals surface area (Å²) in [7, 11) is 1.75. The summed E-state index contributed by atoms with van der Waals surface area (Å²) < 4.78 is 7.14. The molecule has 2 N–H and O–H groups in total. The number of hydrogen-bond donors (Lipinski definition) is 2. The first-order valence-corrected chi connectivity index (χ1v) is 8.34. The van der Waals surface area contributed by atoms with E-state index in [0.717, 1.165) is 17.7 Å². The van der Waals surface area contributed by atoms with E-state index < -0.39 is 0 Å². The van der Waals surface area contributed by atoms with Crippen LogP contribution in [0.25, 0.3) is 0 Å². The Morgan fingerprint density at radius 3 is 2.96 bits per heavy atom. The van der Waals surface area contributed by atoms with Crippen LogP contribution in [0.3, 0.4) is 0 Å². The summed E-state index contributed by atoms with van der Waals surface area (Å²) in [6, 6.07) is 7.72. The summed E-state index contributed by atoms with van der Waals surface area (Å²) in [6.07, 6.45) is 3.68. The zero-order valence-corrected chi connectivity index (χ0v) is 13.6. The van der Waals surface area contributed by atoms with Crippen molar-refractivity contribution >= 4 is 5.91 Å². The molecule has 2 aromatic rings. The molecule has 6 heteroatoms. The Kier molecular flexibility index (Phi) is 3.76. The Labute approximate surface area is 140 Å². The van der Waals surface area contributed by atoms with Gasteiger partial charge in [0.25, 0.3) is 5.91 Å². The van der Waals surface area contributed by atoms with Gasteiger partial charge in [-0.25, -0.2) is 0 Å². The van der Waals surface area contributed by atoms with E-state index in [4.69, 9.17) is 4.74 Å². The number of aromatic nitrogens is 2. The van der Waals surface area contributed by atoms with Gasteiger partial charge >= 0.3 is 0 Å². The minimum absolute atomic E-state index is 0.110. The highest BCUT2D eigenvalue weighted by atomic mass is 16.5. The summed E-state index contributed by atoms with van der Waals surface area (Å²) in [6.45, 7) is 0.715. The lowest BCUT2D eigenvalue weighted by molar-refractivity contribution is 0.0234. The molecule has 126 valence electrons. The number of carbonyl (C=O) groups excluding carboxylic acids is 1. The molecule has 2 aliphatic rings. The molecule has 1 aliphatic carbocycles. The first-order valence-electron chi connectivity index (χ1n) is 8.34. The van der Waals surface area contributed by atoms with E-state index in [-0.39, 0.29) is 24.0 Å². The largest absolute Gasteiger partial charge is 0.493 e. The van der Waals surface area contributed by atoms with Gasteiger partial charge in [0.05, 0.1) is 18.8 Å². The molecule has 1 amide bonds. The fraction of sp³-hybridized carbons (Fsp3) is 0.444. The zero-order chi connectivity index (χ0) is 16.7. The summed E-state index contributed by atoms with van der Waals surface area (Å²) >= 11 is 0. The monoisotopic (exact) mass is 327 g/mol. The van der Waals surface area contributed by atoms with E-state index >= 15 is 0 Å². The maximum Gasteiger partial charge on any atom is 0.270 e. The normalized spacial score (nSPS) is 23.1. The first-order chi connectivity index (χ1) is 11.6. The van der Waals surface area contributed by atoms with E-state index in [1.165, 1.54) is 5.56 Å². The third kappa shape index (κ3) is 2.67. The molecule has 1 fully saturated rings. The lowest BCUT2D eigenvalue weighted by Crippen LogP contribution is -2.41. The number of nitrogens with zero attached hydrogens (tertiary/aromatic N) is 2. The van der Waals surface area contributed by atoms with Crippen LogP contribution in [-0.4, -0.2) is 33.5 Å². The van der Waals surface area contributed by atoms with Crippen molar-refractivity contribution in [3.8, 4) is 5.75 Å². The van der Waals surface area contributed by atoms with Crippen molar-refractivity contribution in [1.29, 1.82) is 0 Å². The Morgan fingerprint density at radius 1 is 1.42 bits per heavy atom. The number of ether oxygens (including phenoxy) is 1. The SMILES string of the molecule is Cn1nccc1C(=O)NC(c1ccc2c(c1)CCO2)C1CC(O)C1. The van der Waals surface area contributed by atoms with Crippen LogP contribution in [0.4, 0.5) is 0 Å². The van der Waals surface area contributed by atoms with Crippen LogP contribution < -0.4 is 10.1 Å². The molecule has 0 saturated heterocycles. The number of carbonyl (C=O) groups is 1. The Bertz CT molecular complexity index is 765. The molecule has 0 radical (unpaired) electrons. The number of amides is 1. The summed E-state index contributed by atoms with van der Waals surface area (Å²) in [5.41, 5.74) is 2.79. The zero-order valence-electron chi connectivity index (χ0n) is 13.6. The molecule has 4 rings (SSSR count). The third-order valence-electron chi connectivity index (χ3n) is 5.03. The van der Waals surface area contributed by atoms with Gasteiger partial charge in [0.15, 0.2) is 0 Å². The third-order valence-corrected chi connectivity index (χ3v) is 5.03. The Morgan fingerprint density at radius 2 is 2.25 bits per heavy atom. The van der Waals surface area contributed by atoms with Crippen LogP contribution in [0.15, 0.2) is 30.5 Å². The van der Waals surface area contributed by atoms with Crippen LogP contribution in [-0.2, 0) is 13.5 Å². The van der Waals surface area contributed by atoms with E-state index in [0.29, 0.717) is 25.1 Å². The number of benzene rings is 1. The van der Waals surface area contributed by atoms with E-state index in [2.05, 4.69) is 16.5 Å². The number of aryl methyl sites for hydroxylation is 1. The standard InChI is InChI=1S/C18H21N3O3/c1-21-15(4-6-19-21)18(23)20-17(13-9-14(22)10-13)12-2-3-16-11(8-12)5-7-24-16/h2-4,6,8,13-14,17,22H,5,7,9-10H2,1H3,(H,20,23). The van der Waals surface area contributed by atoms with Gasteiger partial charge in [0.1, 0.15) is 11.4 Å². The van der Waals surface area contributed by atoms with Gasteiger partial charge in [-0.1, -0.05) is 6.07 Å². The molecular weight excluding hydrogens is 306 g/mol. The lowest BCUT2D eigenvalue weighted by Gasteiger charge is -2.38. The molecule has 2 heterocycles. The highest BCUT2D eigenvalue weighted by Gasteiger charge is 2.36. The van der Waals surface area contributed by atoms with Gasteiger partial charge in [-0.2, -0.15) is 5.10 Å². The van der Waals surface area contributed by atoms with Crippen molar-refractivity contribution in [2.75, 3.05) is 6.61 Å².